The Bertz CT molecular complexity index is 1100. The second-order valence-electron chi connectivity index (χ2n) is 6.46. The number of furan rings is 1. The van der Waals surface area contributed by atoms with E-state index in [2.05, 4.69) is 29.6 Å². The first-order valence-electron chi connectivity index (χ1n) is 9.23. The van der Waals surface area contributed by atoms with E-state index in [-0.39, 0.29) is 24.0 Å². The summed E-state index contributed by atoms with van der Waals surface area (Å²) in [6.45, 7) is -0.872. The third-order valence-electron chi connectivity index (χ3n) is 4.09. The van der Waals surface area contributed by atoms with Crippen LogP contribution in [0.2, 0.25) is 0 Å². The summed E-state index contributed by atoms with van der Waals surface area (Å²) in [5, 5.41) is 36.0. The van der Waals surface area contributed by atoms with Gasteiger partial charge in [0, 0.05) is 6.07 Å². The largest absolute Gasteiger partial charge is 0.481 e. The molecular formula is C16H23N6O11P. The lowest BCUT2D eigenvalue weighted by atomic mass is 10.1. The van der Waals surface area contributed by atoms with Crippen molar-refractivity contribution in [1.82, 2.24) is 19.5 Å². The number of ether oxygens (including phenoxy) is 1. The number of carbonyl (C=O) groups is 1. The molecular weight excluding hydrogens is 483 g/mol. The molecule has 34 heavy (non-hydrogen) atoms. The molecule has 0 bridgehead atoms. The number of nitrogen functional groups attached to an aromatic ring is 1. The van der Waals surface area contributed by atoms with E-state index in [1.807, 2.05) is 0 Å². The molecule has 1 saturated heterocycles. The smallest absolute Gasteiger partial charge is 0.469 e. The molecule has 0 spiro atoms. The summed E-state index contributed by atoms with van der Waals surface area (Å²) in [4.78, 5) is 38.4. The van der Waals surface area contributed by atoms with Gasteiger partial charge in [-0.15, -0.1) is 0 Å². The third-order valence-corrected chi connectivity index (χ3v) is 4.57. The van der Waals surface area contributed by atoms with Crippen LogP contribution in [0.1, 0.15) is 6.23 Å². The van der Waals surface area contributed by atoms with E-state index in [0.29, 0.717) is 5.52 Å². The maximum Gasteiger partial charge on any atom is 0.469 e. The van der Waals surface area contributed by atoms with Crippen LogP contribution in [0.5, 0.6) is 5.95 Å². The molecule has 1 aliphatic heterocycles. The van der Waals surface area contributed by atoms with Crippen molar-refractivity contribution in [3.63, 3.8) is 0 Å². The van der Waals surface area contributed by atoms with Gasteiger partial charge in [-0.1, -0.05) is 0 Å². The van der Waals surface area contributed by atoms with Crippen LogP contribution in [0.25, 0.3) is 11.2 Å². The first-order valence-corrected chi connectivity index (χ1v) is 10.8. The molecule has 10 N–H and O–H groups in total. The Morgan fingerprint density at radius 3 is 2.41 bits per heavy atom. The average molecular weight is 506 g/mol. The quantitative estimate of drug-likeness (QED) is 0.176. The zero-order chi connectivity index (χ0) is 25.5. The molecule has 4 rings (SSSR count). The molecule has 1 aliphatic rings. The number of rotatable bonds is 5. The predicted molar refractivity (Wildman–Crippen MR) is 111 cm³/mol. The topological polar surface area (TPSA) is 283 Å². The zero-order valence-corrected chi connectivity index (χ0v) is 18.1. The number of phosphoric ester groups is 1. The molecule has 188 valence electrons. The van der Waals surface area contributed by atoms with Crippen LogP contribution in [-0.4, -0.2) is 87.2 Å². The number of fused-ring (bicyclic) bond motifs is 1. The maximum absolute atomic E-state index is 10.7. The minimum Gasteiger partial charge on any atom is -0.481 e. The maximum atomic E-state index is 10.7. The molecule has 4 heterocycles. The van der Waals surface area contributed by atoms with Crippen LogP contribution in [0, 0.1) is 0 Å². The van der Waals surface area contributed by atoms with Gasteiger partial charge in [-0.25, -0.2) is 19.5 Å². The Morgan fingerprint density at radius 2 is 1.91 bits per heavy atom. The van der Waals surface area contributed by atoms with Gasteiger partial charge >= 0.3 is 13.8 Å². The molecule has 0 amide bonds. The number of hydrogen-bond donors (Lipinski definition) is 8. The Morgan fingerprint density at radius 1 is 1.24 bits per heavy atom. The number of imidazole rings is 1. The predicted octanol–water partition coefficient (Wildman–Crippen LogP) is -1.85. The van der Waals surface area contributed by atoms with Crippen molar-refractivity contribution in [1.29, 1.82) is 0 Å². The van der Waals surface area contributed by atoms with Gasteiger partial charge in [0.2, 0.25) is 0 Å². The number of carboxylic acid groups (broad SMARTS) is 1. The van der Waals surface area contributed by atoms with E-state index in [1.165, 1.54) is 29.6 Å². The minimum atomic E-state index is -4.72. The van der Waals surface area contributed by atoms with E-state index in [0.717, 1.165) is 0 Å². The summed E-state index contributed by atoms with van der Waals surface area (Å²) in [5.41, 5.74) is 10.8. The van der Waals surface area contributed by atoms with E-state index < -0.39 is 44.9 Å². The SMILES string of the molecule is NCC(=O)O.Nc1ncnc2c1ncn2[C@@H]1O[C@H](COP(=O)(O)O)[C@@H](O)[C@H]1O.Oc1ccco1. The summed E-state index contributed by atoms with van der Waals surface area (Å²) in [5.74, 6) is -0.858. The monoisotopic (exact) mass is 506 g/mol. The molecule has 17 nitrogen and oxygen atoms in total. The number of nitrogens with two attached hydrogens (primary N) is 2. The average Bonchev–Trinajstić information content (AvgIpc) is 3.48. The Kier molecular flexibility index (Phi) is 9.42. The number of phosphoric acid groups is 1. The van der Waals surface area contributed by atoms with Gasteiger partial charge in [-0.05, 0) is 6.07 Å². The fourth-order valence-corrected chi connectivity index (χ4v) is 2.93. The molecule has 0 saturated carbocycles. The lowest BCUT2D eigenvalue weighted by Gasteiger charge is -2.16. The summed E-state index contributed by atoms with van der Waals surface area (Å²) in [6.07, 6.45) is -1.08. The van der Waals surface area contributed by atoms with Crippen LogP contribution in [0.3, 0.4) is 0 Å². The fraction of sp³-hybridized carbons (Fsp3) is 0.375. The molecule has 3 aromatic rings. The highest BCUT2D eigenvalue weighted by molar-refractivity contribution is 7.46. The number of anilines is 1. The van der Waals surface area contributed by atoms with Crippen molar-refractivity contribution in [3.8, 4) is 5.95 Å². The van der Waals surface area contributed by atoms with Crippen LogP contribution in [0.15, 0.2) is 35.5 Å². The Labute approximate surface area is 190 Å². The number of nitrogens with zero attached hydrogens (tertiary/aromatic N) is 4. The normalized spacial score (nSPS) is 21.9. The standard InChI is InChI=1S/C10H14N5O7P.C4H4O2.C2H5NO2/c11-8-5-9(13-2-12-8)15(3-14-5)10-7(17)6(16)4(22-10)1-21-23(18,19)20;5-4-2-1-3-6-4;3-1-2(4)5/h2-4,6-7,10,16-17H,1H2,(H2,11,12,13)(H2,18,19,20);1-3,5H;1,3H2,(H,4,5)/t4-,6-,7-,10-;;/m1../s1. The van der Waals surface area contributed by atoms with Crippen molar-refractivity contribution in [3.05, 3.63) is 31.1 Å². The van der Waals surface area contributed by atoms with Gasteiger partial charge in [0.15, 0.2) is 17.7 Å². The summed E-state index contributed by atoms with van der Waals surface area (Å²) in [7, 11) is -4.72. The highest BCUT2D eigenvalue weighted by Gasteiger charge is 2.45. The molecule has 0 aromatic carbocycles. The second-order valence-corrected chi connectivity index (χ2v) is 7.70. The van der Waals surface area contributed by atoms with Crippen molar-refractivity contribution in [2.75, 3.05) is 18.9 Å². The molecule has 0 aliphatic carbocycles. The van der Waals surface area contributed by atoms with E-state index >= 15 is 0 Å². The number of aliphatic carboxylic acids is 1. The fourth-order valence-electron chi connectivity index (χ4n) is 2.59. The number of aliphatic hydroxyl groups excluding tert-OH is 2. The van der Waals surface area contributed by atoms with Crippen molar-refractivity contribution >= 4 is 30.8 Å². The molecule has 18 heteroatoms. The summed E-state index contributed by atoms with van der Waals surface area (Å²) in [6, 6.07) is 3.09. The minimum absolute atomic E-state index is 0.0324. The summed E-state index contributed by atoms with van der Waals surface area (Å²) >= 11 is 0. The van der Waals surface area contributed by atoms with E-state index in [1.54, 1.807) is 6.07 Å². The van der Waals surface area contributed by atoms with Crippen molar-refractivity contribution in [2.24, 2.45) is 5.73 Å². The van der Waals surface area contributed by atoms with Crippen LogP contribution in [-0.2, 0) is 18.6 Å². The second kappa shape index (κ2) is 11.8. The molecule has 4 atom stereocenters. The number of hydrogen-bond acceptors (Lipinski definition) is 13. The first-order chi connectivity index (χ1) is 15.9. The first kappa shape index (κ1) is 27.1. The molecule has 0 radical (unpaired) electrons. The zero-order valence-electron chi connectivity index (χ0n) is 17.2. The van der Waals surface area contributed by atoms with Crippen molar-refractivity contribution < 1.29 is 53.3 Å². The van der Waals surface area contributed by atoms with Gasteiger partial charge in [0.1, 0.15) is 30.2 Å². The summed E-state index contributed by atoms with van der Waals surface area (Å²) < 4.78 is 26.2. The highest BCUT2D eigenvalue weighted by atomic mass is 31.2. The van der Waals surface area contributed by atoms with Crippen molar-refractivity contribution in [2.45, 2.75) is 24.5 Å². The van der Waals surface area contributed by atoms with Crippen LogP contribution >= 0.6 is 7.82 Å². The van der Waals surface area contributed by atoms with Crippen LogP contribution in [0.4, 0.5) is 5.82 Å². The van der Waals surface area contributed by atoms with E-state index in [4.69, 9.17) is 30.5 Å². The van der Waals surface area contributed by atoms with E-state index in [9.17, 15) is 19.6 Å². The lowest BCUT2D eigenvalue weighted by Crippen LogP contribution is -2.33. The number of aromatic hydroxyl groups is 1. The Balaban J connectivity index is 0.000000306. The molecule has 1 fully saturated rings. The van der Waals surface area contributed by atoms with Crippen LogP contribution < -0.4 is 11.5 Å². The highest BCUT2D eigenvalue weighted by Crippen LogP contribution is 2.38. The number of aromatic nitrogens is 4. The molecule has 3 aromatic heterocycles. The Hall–Kier alpha value is -3.15. The van der Waals surface area contributed by atoms with Gasteiger partial charge in [0.05, 0.1) is 25.7 Å². The lowest BCUT2D eigenvalue weighted by molar-refractivity contribution is -0.135. The van der Waals surface area contributed by atoms with Gasteiger partial charge < -0.3 is 50.8 Å². The number of aliphatic hydroxyl groups is 2. The van der Waals surface area contributed by atoms with Gasteiger partial charge in [-0.2, -0.15) is 0 Å². The number of carboxylic acids is 1. The van der Waals surface area contributed by atoms with Gasteiger partial charge in [0.25, 0.3) is 5.95 Å². The third kappa shape index (κ3) is 7.44. The van der Waals surface area contributed by atoms with Gasteiger partial charge in [-0.3, -0.25) is 13.9 Å². The molecule has 0 unspecified atom stereocenters.